The number of halogens is 1. The Morgan fingerprint density at radius 1 is 1.42 bits per heavy atom. The van der Waals surface area contributed by atoms with Crippen molar-refractivity contribution < 1.29 is 0 Å². The number of hydrogen-bond donors (Lipinski definition) is 2. The van der Waals surface area contributed by atoms with Gasteiger partial charge in [0.15, 0.2) is 0 Å². The molecule has 3 nitrogen and oxygen atoms in total. The second kappa shape index (κ2) is 5.63. The molecule has 1 aromatic rings. The fourth-order valence-electron chi connectivity index (χ4n) is 2.26. The Morgan fingerprint density at radius 2 is 2.16 bits per heavy atom. The molecule has 0 aromatic heterocycles. The first kappa shape index (κ1) is 14.5. The molecule has 0 unspecified atom stereocenters. The first-order valence-electron chi connectivity index (χ1n) is 6.42. The molecule has 5 heteroatoms. The summed E-state index contributed by atoms with van der Waals surface area (Å²) in [5.74, 6) is 1.18. The van der Waals surface area contributed by atoms with E-state index in [-0.39, 0.29) is 5.84 Å². The summed E-state index contributed by atoms with van der Waals surface area (Å²) in [5, 5.41) is 8.39. The molecule has 1 heterocycles. The zero-order valence-corrected chi connectivity index (χ0v) is 12.9. The molecule has 0 atom stereocenters. The maximum Gasteiger partial charge on any atom is 0.124 e. The van der Waals surface area contributed by atoms with Crippen molar-refractivity contribution in [1.82, 2.24) is 0 Å². The van der Waals surface area contributed by atoms with Crippen molar-refractivity contribution in [2.45, 2.75) is 25.0 Å². The summed E-state index contributed by atoms with van der Waals surface area (Å²) in [6.07, 6.45) is 1.11. The van der Waals surface area contributed by atoms with Crippen LogP contribution in [0.25, 0.3) is 0 Å². The summed E-state index contributed by atoms with van der Waals surface area (Å²) in [6.45, 7) is 6.51. The van der Waals surface area contributed by atoms with E-state index >= 15 is 0 Å². The molecule has 0 spiro atoms. The van der Waals surface area contributed by atoms with Crippen LogP contribution in [0.1, 0.15) is 25.8 Å². The Bertz CT molecular complexity index is 488. The van der Waals surface area contributed by atoms with Gasteiger partial charge in [0.25, 0.3) is 0 Å². The molecule has 3 N–H and O–H groups in total. The molecular formula is C14H20ClN3S. The van der Waals surface area contributed by atoms with E-state index in [0.717, 1.165) is 36.5 Å². The monoisotopic (exact) mass is 297 g/mol. The van der Waals surface area contributed by atoms with Crippen LogP contribution in [-0.4, -0.2) is 29.4 Å². The number of nitrogen functional groups attached to an aromatic ring is 1. The zero-order valence-electron chi connectivity index (χ0n) is 11.4. The van der Waals surface area contributed by atoms with E-state index in [1.54, 1.807) is 6.07 Å². The molecule has 1 fully saturated rings. The van der Waals surface area contributed by atoms with E-state index in [1.807, 2.05) is 23.9 Å². The predicted molar refractivity (Wildman–Crippen MR) is 85.8 cm³/mol. The quantitative estimate of drug-likeness (QED) is 0.650. The molecule has 2 rings (SSSR count). The average molecular weight is 298 g/mol. The first-order chi connectivity index (χ1) is 8.89. The number of anilines is 1. The van der Waals surface area contributed by atoms with Crippen molar-refractivity contribution in [3.8, 4) is 0 Å². The predicted octanol–water partition coefficient (Wildman–Crippen LogP) is 3.35. The van der Waals surface area contributed by atoms with Crippen LogP contribution < -0.4 is 10.6 Å². The van der Waals surface area contributed by atoms with Crippen LogP contribution in [0.4, 0.5) is 5.69 Å². The third kappa shape index (κ3) is 3.57. The zero-order chi connectivity index (χ0) is 14.0. The molecule has 1 aromatic carbocycles. The molecule has 0 amide bonds. The number of hydrogen-bond acceptors (Lipinski definition) is 3. The standard InChI is InChI=1S/C14H20ClN3S/c1-14(2)5-6-18(7-8-19-14)12-9-10(15)3-4-11(12)13(16)17/h3-4,9H,5-8H2,1-2H3,(H3,16,17). The summed E-state index contributed by atoms with van der Waals surface area (Å²) in [7, 11) is 0. The van der Waals surface area contributed by atoms with Gasteiger partial charge in [0.05, 0.1) is 0 Å². The van der Waals surface area contributed by atoms with Crippen molar-refractivity contribution in [1.29, 1.82) is 5.41 Å². The summed E-state index contributed by atoms with van der Waals surface area (Å²) in [6, 6.07) is 5.54. The van der Waals surface area contributed by atoms with Gasteiger partial charge in [-0.15, -0.1) is 0 Å². The Kier molecular flexibility index (Phi) is 4.31. The highest BCUT2D eigenvalue weighted by Gasteiger charge is 2.25. The Hall–Kier alpha value is -0.870. The third-order valence-electron chi connectivity index (χ3n) is 3.43. The van der Waals surface area contributed by atoms with Crippen molar-refractivity contribution in [3.63, 3.8) is 0 Å². The fraction of sp³-hybridized carbons (Fsp3) is 0.500. The molecular weight excluding hydrogens is 278 g/mol. The van der Waals surface area contributed by atoms with E-state index in [0.29, 0.717) is 9.77 Å². The topological polar surface area (TPSA) is 53.1 Å². The normalized spacial score (nSPS) is 19.0. The lowest BCUT2D eigenvalue weighted by Gasteiger charge is -2.26. The molecule has 1 aliphatic heterocycles. The van der Waals surface area contributed by atoms with Crippen LogP contribution in [0.2, 0.25) is 5.02 Å². The maximum atomic E-state index is 7.70. The summed E-state index contributed by atoms with van der Waals surface area (Å²) < 4.78 is 0.309. The molecule has 104 valence electrons. The Morgan fingerprint density at radius 3 is 2.84 bits per heavy atom. The minimum atomic E-state index is 0.0998. The highest BCUT2D eigenvalue weighted by atomic mass is 35.5. The number of nitrogens with one attached hydrogen (secondary N) is 1. The summed E-state index contributed by atoms with van der Waals surface area (Å²) >= 11 is 8.09. The second-order valence-electron chi connectivity index (χ2n) is 5.42. The molecule has 0 bridgehead atoms. The smallest absolute Gasteiger partial charge is 0.124 e. The van der Waals surface area contributed by atoms with Gasteiger partial charge in [-0.25, -0.2) is 0 Å². The fourth-order valence-corrected chi connectivity index (χ4v) is 3.52. The number of rotatable bonds is 2. The lowest BCUT2D eigenvalue weighted by molar-refractivity contribution is 0.637. The molecule has 0 saturated carbocycles. The molecule has 0 radical (unpaired) electrons. The number of thioether (sulfide) groups is 1. The van der Waals surface area contributed by atoms with E-state index < -0.39 is 0 Å². The minimum Gasteiger partial charge on any atom is -0.384 e. The largest absolute Gasteiger partial charge is 0.384 e. The molecule has 0 aliphatic carbocycles. The minimum absolute atomic E-state index is 0.0998. The lowest BCUT2D eigenvalue weighted by atomic mass is 10.1. The molecule has 1 saturated heterocycles. The maximum absolute atomic E-state index is 7.70. The van der Waals surface area contributed by atoms with Crippen molar-refractivity contribution in [2.24, 2.45) is 5.73 Å². The Labute approximate surface area is 124 Å². The Balaban J connectivity index is 2.30. The van der Waals surface area contributed by atoms with E-state index in [9.17, 15) is 0 Å². The van der Waals surface area contributed by atoms with Gasteiger partial charge in [-0.05, 0) is 24.6 Å². The highest BCUT2D eigenvalue weighted by Crippen LogP contribution is 2.34. The van der Waals surface area contributed by atoms with Gasteiger partial charge >= 0.3 is 0 Å². The number of benzene rings is 1. The van der Waals surface area contributed by atoms with E-state index in [4.69, 9.17) is 22.7 Å². The van der Waals surface area contributed by atoms with Gasteiger partial charge in [0, 0.05) is 39.9 Å². The first-order valence-corrected chi connectivity index (χ1v) is 7.78. The van der Waals surface area contributed by atoms with Gasteiger partial charge in [-0.2, -0.15) is 11.8 Å². The number of nitrogens with two attached hydrogens (primary N) is 1. The lowest BCUT2D eigenvalue weighted by Crippen LogP contribution is -2.29. The summed E-state index contributed by atoms with van der Waals surface area (Å²) in [5.41, 5.74) is 7.43. The van der Waals surface area contributed by atoms with E-state index in [1.165, 1.54) is 0 Å². The molecule has 19 heavy (non-hydrogen) atoms. The van der Waals surface area contributed by atoms with Crippen molar-refractivity contribution in [3.05, 3.63) is 28.8 Å². The van der Waals surface area contributed by atoms with Gasteiger partial charge in [0.1, 0.15) is 5.84 Å². The van der Waals surface area contributed by atoms with Gasteiger partial charge in [-0.1, -0.05) is 25.4 Å². The third-order valence-corrected chi connectivity index (χ3v) is 5.04. The van der Waals surface area contributed by atoms with Gasteiger partial charge < -0.3 is 10.6 Å². The second-order valence-corrected chi connectivity index (χ2v) is 7.66. The van der Waals surface area contributed by atoms with Crippen LogP contribution in [0, 0.1) is 5.41 Å². The molecule has 1 aliphatic rings. The number of amidine groups is 1. The van der Waals surface area contributed by atoms with Crippen molar-refractivity contribution >= 4 is 34.9 Å². The average Bonchev–Trinajstić information content (AvgIpc) is 2.49. The van der Waals surface area contributed by atoms with Crippen LogP contribution in [0.5, 0.6) is 0 Å². The van der Waals surface area contributed by atoms with E-state index in [2.05, 4.69) is 18.7 Å². The van der Waals surface area contributed by atoms with Crippen LogP contribution in [0.15, 0.2) is 18.2 Å². The van der Waals surface area contributed by atoms with Crippen LogP contribution >= 0.6 is 23.4 Å². The SMILES string of the molecule is CC1(C)CCN(c2cc(Cl)ccc2C(=N)N)CCS1. The highest BCUT2D eigenvalue weighted by molar-refractivity contribution is 8.00. The van der Waals surface area contributed by atoms with Gasteiger partial charge in [-0.3, -0.25) is 5.41 Å². The van der Waals surface area contributed by atoms with Gasteiger partial charge in [0.2, 0.25) is 0 Å². The van der Waals surface area contributed by atoms with Crippen molar-refractivity contribution in [2.75, 3.05) is 23.7 Å². The number of nitrogens with zero attached hydrogens (tertiary/aromatic N) is 1. The van der Waals surface area contributed by atoms with Crippen LogP contribution in [-0.2, 0) is 0 Å². The van der Waals surface area contributed by atoms with Crippen LogP contribution in [0.3, 0.4) is 0 Å². The summed E-state index contributed by atoms with van der Waals surface area (Å²) in [4.78, 5) is 2.30.